The molecule has 0 amide bonds. The molecule has 170 valence electrons. The van der Waals surface area contributed by atoms with Gasteiger partial charge in [0, 0.05) is 0 Å². The average Bonchev–Trinajstić information content (AvgIpc) is 3.06. The fourth-order valence-electron chi connectivity index (χ4n) is 6.69. The zero-order chi connectivity index (χ0) is 21.9. The Morgan fingerprint density at radius 1 is 1.23 bits per heavy atom. The largest absolute Gasteiger partial charge is 0.393 e. The SMILES string of the molecule is C=C1CC[C@H](O)C/C1=C/C=C1/CCC[C@@]2(C)[C@@H]1CC[C@@H]2[C@H](C)CCC[C@@](C)(O)CO. The van der Waals surface area contributed by atoms with Crippen LogP contribution in [0.4, 0.5) is 0 Å². The fourth-order valence-corrected chi connectivity index (χ4v) is 6.69. The van der Waals surface area contributed by atoms with Crippen molar-refractivity contribution in [3.8, 4) is 0 Å². The normalized spacial score (nSPS) is 37.9. The van der Waals surface area contributed by atoms with Crippen LogP contribution in [0.15, 0.2) is 35.5 Å². The van der Waals surface area contributed by atoms with Crippen molar-refractivity contribution in [1.29, 1.82) is 0 Å². The van der Waals surface area contributed by atoms with Crippen LogP contribution in [0, 0.1) is 23.2 Å². The first-order valence-corrected chi connectivity index (χ1v) is 12.3. The zero-order valence-electron chi connectivity index (χ0n) is 19.5. The molecule has 3 nitrogen and oxygen atoms in total. The van der Waals surface area contributed by atoms with E-state index >= 15 is 0 Å². The van der Waals surface area contributed by atoms with E-state index in [-0.39, 0.29) is 12.7 Å². The lowest BCUT2D eigenvalue weighted by molar-refractivity contribution is -0.00891. The van der Waals surface area contributed by atoms with Crippen LogP contribution in [0.1, 0.15) is 91.4 Å². The third kappa shape index (κ3) is 5.29. The molecule has 0 aromatic heterocycles. The summed E-state index contributed by atoms with van der Waals surface area (Å²) in [6.45, 7) is 10.7. The molecule has 3 saturated carbocycles. The van der Waals surface area contributed by atoms with Crippen LogP contribution in [-0.2, 0) is 0 Å². The summed E-state index contributed by atoms with van der Waals surface area (Å²) in [6, 6.07) is 0. The molecule has 0 heterocycles. The van der Waals surface area contributed by atoms with E-state index in [1.54, 1.807) is 12.5 Å². The molecule has 3 fully saturated rings. The second-order valence-electron chi connectivity index (χ2n) is 11.1. The highest BCUT2D eigenvalue weighted by Crippen LogP contribution is 2.60. The van der Waals surface area contributed by atoms with Crippen molar-refractivity contribution in [2.24, 2.45) is 23.2 Å². The van der Waals surface area contributed by atoms with Crippen molar-refractivity contribution in [2.45, 2.75) is 103 Å². The van der Waals surface area contributed by atoms with Crippen molar-refractivity contribution in [3.63, 3.8) is 0 Å². The Morgan fingerprint density at radius 3 is 2.73 bits per heavy atom. The molecule has 3 heteroatoms. The molecular formula is C27H44O3. The minimum atomic E-state index is -0.938. The van der Waals surface area contributed by atoms with Crippen molar-refractivity contribution in [2.75, 3.05) is 6.61 Å². The zero-order valence-corrected chi connectivity index (χ0v) is 19.5. The van der Waals surface area contributed by atoms with Crippen molar-refractivity contribution in [1.82, 2.24) is 0 Å². The minimum Gasteiger partial charge on any atom is -0.393 e. The monoisotopic (exact) mass is 416 g/mol. The van der Waals surface area contributed by atoms with Crippen LogP contribution in [0.25, 0.3) is 0 Å². The Bertz CT molecular complexity index is 674. The molecule has 3 N–H and O–H groups in total. The molecule has 0 bridgehead atoms. The second-order valence-corrected chi connectivity index (χ2v) is 11.1. The molecule has 6 atom stereocenters. The lowest BCUT2D eigenvalue weighted by Crippen LogP contribution is -2.36. The van der Waals surface area contributed by atoms with Gasteiger partial charge in [-0.15, -0.1) is 0 Å². The minimum absolute atomic E-state index is 0.155. The van der Waals surface area contributed by atoms with Crippen molar-refractivity contribution >= 4 is 0 Å². The smallest absolute Gasteiger partial charge is 0.0849 e. The number of allylic oxidation sites excluding steroid dienone is 4. The highest BCUT2D eigenvalue weighted by molar-refractivity contribution is 5.36. The predicted octanol–water partition coefficient (Wildman–Crippen LogP) is 5.71. The Balaban J connectivity index is 1.66. The molecule has 0 unspecified atom stereocenters. The maximum absolute atomic E-state index is 10.1. The van der Waals surface area contributed by atoms with Gasteiger partial charge >= 0.3 is 0 Å². The lowest BCUT2D eigenvalue weighted by Gasteiger charge is -2.44. The highest BCUT2D eigenvalue weighted by Gasteiger charge is 2.50. The van der Waals surface area contributed by atoms with Gasteiger partial charge in [0.15, 0.2) is 0 Å². The first-order valence-electron chi connectivity index (χ1n) is 12.3. The van der Waals surface area contributed by atoms with Gasteiger partial charge in [-0.05, 0) is 93.5 Å². The van der Waals surface area contributed by atoms with Crippen LogP contribution in [0.3, 0.4) is 0 Å². The summed E-state index contributed by atoms with van der Waals surface area (Å²) in [5.74, 6) is 2.07. The van der Waals surface area contributed by atoms with E-state index in [0.29, 0.717) is 23.7 Å². The summed E-state index contributed by atoms with van der Waals surface area (Å²) in [4.78, 5) is 0. The Hall–Kier alpha value is -0.900. The van der Waals surface area contributed by atoms with Gasteiger partial charge < -0.3 is 15.3 Å². The number of rotatable bonds is 7. The molecule has 0 radical (unpaired) electrons. The van der Waals surface area contributed by atoms with Gasteiger partial charge in [-0.1, -0.05) is 56.6 Å². The van der Waals surface area contributed by atoms with Crippen LogP contribution in [0.2, 0.25) is 0 Å². The van der Waals surface area contributed by atoms with Gasteiger partial charge in [-0.3, -0.25) is 0 Å². The number of hydrogen-bond acceptors (Lipinski definition) is 3. The molecule has 3 rings (SSSR count). The van der Waals surface area contributed by atoms with E-state index in [9.17, 15) is 15.3 Å². The first-order chi connectivity index (χ1) is 14.2. The maximum atomic E-state index is 10.1. The van der Waals surface area contributed by atoms with Gasteiger partial charge in [0.05, 0.1) is 18.3 Å². The van der Waals surface area contributed by atoms with E-state index in [0.717, 1.165) is 38.0 Å². The van der Waals surface area contributed by atoms with Crippen molar-refractivity contribution < 1.29 is 15.3 Å². The van der Waals surface area contributed by atoms with E-state index in [1.165, 1.54) is 43.3 Å². The van der Waals surface area contributed by atoms with Crippen LogP contribution in [-0.4, -0.2) is 33.6 Å². The molecule has 0 spiro atoms. The van der Waals surface area contributed by atoms with Crippen LogP contribution >= 0.6 is 0 Å². The lowest BCUT2D eigenvalue weighted by atomic mass is 9.60. The second kappa shape index (κ2) is 9.71. The predicted molar refractivity (Wildman–Crippen MR) is 124 cm³/mol. The molecule has 3 aliphatic carbocycles. The van der Waals surface area contributed by atoms with Gasteiger partial charge in [-0.25, -0.2) is 0 Å². The van der Waals surface area contributed by atoms with E-state index < -0.39 is 5.60 Å². The van der Waals surface area contributed by atoms with E-state index in [4.69, 9.17) is 0 Å². The first kappa shape index (κ1) is 23.8. The van der Waals surface area contributed by atoms with Crippen molar-refractivity contribution in [3.05, 3.63) is 35.5 Å². The quantitative estimate of drug-likeness (QED) is 0.498. The summed E-state index contributed by atoms with van der Waals surface area (Å²) in [7, 11) is 0. The summed E-state index contributed by atoms with van der Waals surface area (Å²) in [5.41, 5.74) is 3.50. The summed E-state index contributed by atoms with van der Waals surface area (Å²) in [6.07, 6.45) is 16.1. The van der Waals surface area contributed by atoms with Gasteiger partial charge in [-0.2, -0.15) is 0 Å². The molecule has 3 aliphatic rings. The van der Waals surface area contributed by atoms with E-state index in [2.05, 4.69) is 32.6 Å². The number of hydrogen-bond donors (Lipinski definition) is 3. The Morgan fingerprint density at radius 2 is 2.00 bits per heavy atom. The molecule has 0 aromatic rings. The maximum Gasteiger partial charge on any atom is 0.0849 e. The fraction of sp³-hybridized carbons (Fsp3) is 0.778. The number of aliphatic hydroxyl groups excluding tert-OH is 2. The van der Waals surface area contributed by atoms with Gasteiger partial charge in [0.2, 0.25) is 0 Å². The topological polar surface area (TPSA) is 60.7 Å². The average molecular weight is 417 g/mol. The Kier molecular flexibility index (Phi) is 7.69. The Labute approximate surface area is 184 Å². The van der Waals surface area contributed by atoms with Crippen LogP contribution < -0.4 is 0 Å². The van der Waals surface area contributed by atoms with Gasteiger partial charge in [0.25, 0.3) is 0 Å². The van der Waals surface area contributed by atoms with Gasteiger partial charge in [0.1, 0.15) is 0 Å². The molecule has 30 heavy (non-hydrogen) atoms. The van der Waals surface area contributed by atoms with Crippen LogP contribution in [0.5, 0.6) is 0 Å². The summed E-state index contributed by atoms with van der Waals surface area (Å²) < 4.78 is 0. The molecular weight excluding hydrogens is 372 g/mol. The number of fused-ring (bicyclic) bond motifs is 1. The molecule has 0 saturated heterocycles. The third-order valence-electron chi connectivity index (χ3n) is 8.63. The standard InChI is InChI=1S/C27H44O3/c1-19-9-12-23(29)17-22(19)11-10-21-8-6-16-27(4)24(13-14-25(21)27)20(2)7-5-15-26(3,30)18-28/h10-11,20,23-25,28-30H,1,5-9,12-18H2,2-4H3/b21-10-,22-11-/t20-,23+,24-,25-,26-,27-/m1/s1. The highest BCUT2D eigenvalue weighted by atomic mass is 16.3. The number of aliphatic hydroxyl groups is 3. The summed E-state index contributed by atoms with van der Waals surface area (Å²) in [5, 5.41) is 29.4. The summed E-state index contributed by atoms with van der Waals surface area (Å²) >= 11 is 0. The molecule has 0 aromatic carbocycles. The third-order valence-corrected chi connectivity index (χ3v) is 8.63. The van der Waals surface area contributed by atoms with E-state index in [1.807, 2.05) is 0 Å². The molecule has 0 aliphatic heterocycles.